The molecule has 6 nitrogen and oxygen atoms in total. The first kappa shape index (κ1) is 16.0. The smallest absolute Gasteiger partial charge is 0.208 e. The second-order valence-corrected chi connectivity index (χ2v) is 6.23. The molecule has 0 amide bonds. The van der Waals surface area contributed by atoms with Crippen LogP contribution in [0.15, 0.2) is 12.1 Å². The number of rotatable bonds is 7. The molecule has 0 saturated carbocycles. The minimum Gasteiger partial charge on any atom is -0.504 e. The van der Waals surface area contributed by atoms with Crippen molar-refractivity contribution in [2.24, 2.45) is 0 Å². The average molecular weight is 309 g/mol. The van der Waals surface area contributed by atoms with Crippen LogP contribution in [-0.4, -0.2) is 40.0 Å². The van der Waals surface area contributed by atoms with Crippen LogP contribution in [0.4, 0.5) is 0 Å². The number of methoxy groups -OCH3 is 1. The highest BCUT2D eigenvalue weighted by Crippen LogP contribution is 2.33. The summed E-state index contributed by atoms with van der Waals surface area (Å²) in [5.74, 6) is 0.328. The van der Waals surface area contributed by atoms with E-state index in [1.807, 2.05) is 0 Å². The number of aromatic hydroxyl groups is 1. The Morgan fingerprint density at radius 1 is 1.37 bits per heavy atom. The third-order valence-corrected chi connectivity index (χ3v) is 3.27. The van der Waals surface area contributed by atoms with Gasteiger partial charge in [0.15, 0.2) is 11.5 Å². The highest BCUT2D eigenvalue weighted by atomic mass is 35.5. The highest BCUT2D eigenvalue weighted by Gasteiger charge is 2.09. The Balaban J connectivity index is 2.52. The first-order valence-corrected chi connectivity index (χ1v) is 7.81. The summed E-state index contributed by atoms with van der Waals surface area (Å²) in [6, 6.07) is 3.14. The lowest BCUT2D eigenvalue weighted by Crippen LogP contribution is -2.30. The number of benzene rings is 1. The van der Waals surface area contributed by atoms with E-state index in [2.05, 4.69) is 10.0 Å². The van der Waals surface area contributed by atoms with Crippen molar-refractivity contribution < 1.29 is 18.3 Å². The van der Waals surface area contributed by atoms with E-state index >= 15 is 0 Å². The molecule has 0 fully saturated rings. The van der Waals surface area contributed by atoms with Crippen molar-refractivity contribution >= 4 is 21.6 Å². The average Bonchev–Trinajstić information content (AvgIpc) is 2.31. The Bertz CT molecular complexity index is 534. The maximum Gasteiger partial charge on any atom is 0.208 e. The predicted octanol–water partition coefficient (Wildman–Crippen LogP) is 0.693. The molecule has 0 aromatic heterocycles. The maximum atomic E-state index is 10.8. The Hall–Kier alpha value is -1.02. The molecular weight excluding hydrogens is 292 g/mol. The van der Waals surface area contributed by atoms with Crippen molar-refractivity contribution in [2.75, 3.05) is 26.5 Å². The Morgan fingerprint density at radius 3 is 2.63 bits per heavy atom. The molecule has 1 aromatic rings. The molecule has 0 aliphatic carbocycles. The van der Waals surface area contributed by atoms with Gasteiger partial charge in [0.1, 0.15) is 0 Å². The van der Waals surface area contributed by atoms with Gasteiger partial charge in [0.2, 0.25) is 10.0 Å². The van der Waals surface area contributed by atoms with Crippen LogP contribution in [0.2, 0.25) is 5.02 Å². The summed E-state index contributed by atoms with van der Waals surface area (Å²) in [7, 11) is -1.73. The van der Waals surface area contributed by atoms with E-state index in [4.69, 9.17) is 16.3 Å². The van der Waals surface area contributed by atoms with Gasteiger partial charge in [-0.1, -0.05) is 11.6 Å². The van der Waals surface area contributed by atoms with Crippen molar-refractivity contribution in [3.63, 3.8) is 0 Å². The quantitative estimate of drug-likeness (QED) is 0.645. The second-order valence-electron chi connectivity index (χ2n) is 3.96. The van der Waals surface area contributed by atoms with Gasteiger partial charge in [-0.2, -0.15) is 0 Å². The van der Waals surface area contributed by atoms with Crippen LogP contribution in [0.3, 0.4) is 0 Å². The van der Waals surface area contributed by atoms with E-state index in [0.29, 0.717) is 29.4 Å². The molecule has 0 spiro atoms. The lowest BCUT2D eigenvalue weighted by atomic mass is 10.2. The number of hydrogen-bond donors (Lipinski definition) is 3. The van der Waals surface area contributed by atoms with Gasteiger partial charge >= 0.3 is 0 Å². The number of phenolic OH excluding ortho intramolecular Hbond substituents is 1. The van der Waals surface area contributed by atoms with Crippen molar-refractivity contribution in [3.8, 4) is 11.5 Å². The van der Waals surface area contributed by atoms with Crippen LogP contribution in [-0.2, 0) is 16.6 Å². The van der Waals surface area contributed by atoms with Crippen molar-refractivity contribution in [3.05, 3.63) is 22.7 Å². The van der Waals surface area contributed by atoms with Gasteiger partial charge in [-0.15, -0.1) is 0 Å². The zero-order valence-electron chi connectivity index (χ0n) is 10.7. The van der Waals surface area contributed by atoms with Gasteiger partial charge in [0.25, 0.3) is 0 Å². The highest BCUT2D eigenvalue weighted by molar-refractivity contribution is 7.88. The zero-order valence-corrected chi connectivity index (χ0v) is 12.3. The fraction of sp³-hybridized carbons (Fsp3) is 0.455. The number of nitrogens with one attached hydrogen (secondary N) is 2. The van der Waals surface area contributed by atoms with E-state index in [-0.39, 0.29) is 12.3 Å². The van der Waals surface area contributed by atoms with Gasteiger partial charge in [0, 0.05) is 36.3 Å². The minimum absolute atomic E-state index is 0.0236. The fourth-order valence-electron chi connectivity index (χ4n) is 1.47. The molecule has 0 unspecified atom stereocenters. The monoisotopic (exact) mass is 308 g/mol. The van der Waals surface area contributed by atoms with Crippen LogP contribution < -0.4 is 14.8 Å². The third kappa shape index (κ3) is 5.65. The number of halogens is 1. The van der Waals surface area contributed by atoms with Crippen LogP contribution in [0, 0.1) is 0 Å². The van der Waals surface area contributed by atoms with E-state index in [1.54, 1.807) is 6.07 Å². The summed E-state index contributed by atoms with van der Waals surface area (Å²) in [5, 5.41) is 13.3. The molecule has 3 N–H and O–H groups in total. The predicted molar refractivity (Wildman–Crippen MR) is 74.2 cm³/mol. The van der Waals surface area contributed by atoms with Crippen LogP contribution >= 0.6 is 11.6 Å². The SMILES string of the molecule is COc1cc(Cl)cc(CNCCNS(C)(=O)=O)c1O. The second kappa shape index (κ2) is 6.95. The molecule has 0 aliphatic heterocycles. The molecule has 108 valence electrons. The number of phenols is 1. The van der Waals surface area contributed by atoms with Crippen LogP contribution in [0.25, 0.3) is 0 Å². The summed E-state index contributed by atoms with van der Waals surface area (Å²) in [6.07, 6.45) is 1.10. The molecule has 0 aliphatic rings. The van der Waals surface area contributed by atoms with Crippen molar-refractivity contribution in [2.45, 2.75) is 6.54 Å². The molecule has 0 saturated heterocycles. The topological polar surface area (TPSA) is 87.7 Å². The molecule has 1 aromatic carbocycles. The first-order chi connectivity index (χ1) is 8.83. The summed E-state index contributed by atoms with van der Waals surface area (Å²) in [5.41, 5.74) is 0.587. The fourth-order valence-corrected chi connectivity index (χ4v) is 2.17. The van der Waals surface area contributed by atoms with Gasteiger partial charge in [-0.05, 0) is 6.07 Å². The molecular formula is C11H17ClN2O4S. The molecule has 0 bridgehead atoms. The lowest BCUT2D eigenvalue weighted by Gasteiger charge is -2.11. The first-order valence-electron chi connectivity index (χ1n) is 5.54. The number of sulfonamides is 1. The lowest BCUT2D eigenvalue weighted by molar-refractivity contribution is 0.369. The summed E-state index contributed by atoms with van der Waals surface area (Å²) < 4.78 is 29.0. The Kier molecular flexibility index (Phi) is 5.86. The summed E-state index contributed by atoms with van der Waals surface area (Å²) >= 11 is 5.89. The van der Waals surface area contributed by atoms with Gasteiger partial charge in [0.05, 0.1) is 13.4 Å². The third-order valence-electron chi connectivity index (χ3n) is 2.32. The van der Waals surface area contributed by atoms with Crippen molar-refractivity contribution in [1.29, 1.82) is 0 Å². The maximum absolute atomic E-state index is 10.8. The molecule has 19 heavy (non-hydrogen) atoms. The van der Waals surface area contributed by atoms with Gasteiger partial charge < -0.3 is 15.2 Å². The summed E-state index contributed by atoms with van der Waals surface area (Å²) in [6.45, 7) is 1.06. The molecule has 1 rings (SSSR count). The minimum atomic E-state index is -3.18. The molecule has 0 atom stereocenters. The number of hydrogen-bond acceptors (Lipinski definition) is 5. The van der Waals surface area contributed by atoms with Gasteiger partial charge in [-0.25, -0.2) is 13.1 Å². The Morgan fingerprint density at radius 2 is 2.05 bits per heavy atom. The molecule has 8 heteroatoms. The normalized spacial score (nSPS) is 11.5. The molecule has 0 radical (unpaired) electrons. The van der Waals surface area contributed by atoms with Crippen LogP contribution in [0.1, 0.15) is 5.56 Å². The van der Waals surface area contributed by atoms with E-state index in [0.717, 1.165) is 6.26 Å². The standard InChI is InChI=1S/C11H17ClN2O4S/c1-18-10-6-9(12)5-8(11(10)15)7-13-3-4-14-19(2,16)17/h5-6,13-15H,3-4,7H2,1-2H3. The zero-order chi connectivity index (χ0) is 14.5. The largest absolute Gasteiger partial charge is 0.504 e. The van der Waals surface area contributed by atoms with Crippen LogP contribution in [0.5, 0.6) is 11.5 Å². The Labute approximate surface area is 117 Å². The summed E-state index contributed by atoms with van der Waals surface area (Å²) in [4.78, 5) is 0. The van der Waals surface area contributed by atoms with Crippen molar-refractivity contribution in [1.82, 2.24) is 10.0 Å². The van der Waals surface area contributed by atoms with E-state index in [1.165, 1.54) is 13.2 Å². The van der Waals surface area contributed by atoms with Gasteiger partial charge in [-0.3, -0.25) is 0 Å². The number of ether oxygens (including phenoxy) is 1. The molecule has 0 heterocycles. The van der Waals surface area contributed by atoms with E-state index in [9.17, 15) is 13.5 Å². The van der Waals surface area contributed by atoms with E-state index < -0.39 is 10.0 Å².